The molecule has 30 heavy (non-hydrogen) atoms. The van der Waals surface area contributed by atoms with Crippen LogP contribution in [0.15, 0.2) is 76.0 Å². The van der Waals surface area contributed by atoms with Gasteiger partial charge in [0.1, 0.15) is 5.70 Å². The first-order valence-electron chi connectivity index (χ1n) is 10.1. The van der Waals surface area contributed by atoms with Crippen molar-refractivity contribution in [3.8, 4) is 0 Å². The predicted octanol–water partition coefficient (Wildman–Crippen LogP) is 3.23. The minimum absolute atomic E-state index is 0.0708. The zero-order chi connectivity index (χ0) is 20.7. The van der Waals surface area contributed by atoms with Crippen molar-refractivity contribution in [1.29, 1.82) is 0 Å². The number of hydrogen-bond donors (Lipinski definition) is 0. The van der Waals surface area contributed by atoms with Crippen LogP contribution >= 0.6 is 0 Å². The molecule has 0 unspecified atom stereocenters. The summed E-state index contributed by atoms with van der Waals surface area (Å²) in [6.45, 7) is 5.23. The number of rotatable bonds is 2. The molecule has 0 N–H and O–H groups in total. The van der Waals surface area contributed by atoms with Crippen molar-refractivity contribution in [2.75, 3.05) is 31.1 Å². The van der Waals surface area contributed by atoms with Gasteiger partial charge in [0.05, 0.1) is 17.2 Å². The summed E-state index contributed by atoms with van der Waals surface area (Å²) in [5.41, 5.74) is 3.74. The number of amidine groups is 1. The minimum atomic E-state index is -0.310. The number of aliphatic imine (C=N–C) groups is 2. The molecule has 0 aromatic heterocycles. The van der Waals surface area contributed by atoms with Crippen LogP contribution in [0, 0.1) is 10.1 Å². The highest BCUT2D eigenvalue weighted by Crippen LogP contribution is 2.32. The Labute approximate surface area is 174 Å². The Hall–Kier alpha value is -3.68. The second kappa shape index (κ2) is 7.29. The van der Waals surface area contributed by atoms with Crippen molar-refractivity contribution in [1.82, 2.24) is 9.80 Å². The zero-order valence-electron chi connectivity index (χ0n) is 16.7. The molecule has 2 aromatic carbocycles. The number of hydrogen-bond acceptors (Lipinski definition) is 7. The number of anilines is 1. The van der Waals surface area contributed by atoms with Gasteiger partial charge in [-0.05, 0) is 30.7 Å². The Balaban J connectivity index is 1.46. The molecular weight excluding hydrogens is 380 g/mol. The highest BCUT2D eigenvalue weighted by molar-refractivity contribution is 6.08. The van der Waals surface area contributed by atoms with E-state index in [0.717, 1.165) is 24.3 Å². The number of nitrogens with zero attached hydrogens (tertiary/aromatic N) is 6. The molecule has 0 atom stereocenters. The molecule has 1 saturated heterocycles. The first kappa shape index (κ1) is 18.4. The molecule has 2 aromatic rings. The van der Waals surface area contributed by atoms with Crippen molar-refractivity contribution in [3.05, 3.63) is 81.7 Å². The van der Waals surface area contributed by atoms with E-state index in [-0.39, 0.29) is 10.6 Å². The van der Waals surface area contributed by atoms with Crippen LogP contribution in [-0.4, -0.2) is 52.7 Å². The zero-order valence-corrected chi connectivity index (χ0v) is 16.7. The van der Waals surface area contributed by atoms with Gasteiger partial charge < -0.3 is 14.7 Å². The van der Waals surface area contributed by atoms with Crippen LogP contribution in [0.1, 0.15) is 12.5 Å². The molecule has 3 heterocycles. The van der Waals surface area contributed by atoms with Gasteiger partial charge in [-0.15, -0.1) is 0 Å². The lowest BCUT2D eigenvalue weighted by Gasteiger charge is -2.39. The largest absolute Gasteiger partial charge is 0.368 e. The summed E-state index contributed by atoms with van der Waals surface area (Å²) >= 11 is 0. The molecule has 0 radical (unpaired) electrons. The van der Waals surface area contributed by atoms with Crippen molar-refractivity contribution in [3.63, 3.8) is 0 Å². The number of allylic oxidation sites excluding steroid dienone is 1. The first-order valence-corrected chi connectivity index (χ1v) is 10.1. The molecule has 5 rings (SSSR count). The average Bonchev–Trinajstić information content (AvgIpc) is 2.78. The summed E-state index contributed by atoms with van der Waals surface area (Å²) in [7, 11) is 0. The Bertz CT molecular complexity index is 1080. The minimum Gasteiger partial charge on any atom is -0.368 e. The van der Waals surface area contributed by atoms with Gasteiger partial charge >= 0.3 is 5.70 Å². The normalized spacial score (nSPS) is 18.5. The Morgan fingerprint density at radius 1 is 0.900 bits per heavy atom. The third-order valence-electron chi connectivity index (χ3n) is 5.83. The van der Waals surface area contributed by atoms with Crippen molar-refractivity contribution in [2.24, 2.45) is 9.98 Å². The maximum Gasteiger partial charge on any atom is 0.330 e. The fourth-order valence-corrected chi connectivity index (χ4v) is 4.20. The number of nitro groups is 1. The molecule has 152 valence electrons. The first-order chi connectivity index (χ1) is 14.6. The van der Waals surface area contributed by atoms with Gasteiger partial charge in [0.25, 0.3) is 0 Å². The third kappa shape index (κ3) is 3.10. The molecule has 3 aliphatic rings. The Kier molecular flexibility index (Phi) is 4.46. The van der Waals surface area contributed by atoms with Crippen LogP contribution in [0.4, 0.5) is 11.4 Å². The fraction of sp³-hybridized carbons (Fsp3) is 0.273. The summed E-state index contributed by atoms with van der Waals surface area (Å²) in [5, 5.41) is 12.0. The van der Waals surface area contributed by atoms with E-state index in [0.29, 0.717) is 37.1 Å². The predicted molar refractivity (Wildman–Crippen MR) is 116 cm³/mol. The molecule has 0 spiro atoms. The van der Waals surface area contributed by atoms with E-state index < -0.39 is 0 Å². The van der Waals surface area contributed by atoms with Crippen molar-refractivity contribution in [2.45, 2.75) is 13.5 Å². The van der Waals surface area contributed by atoms with Crippen LogP contribution in [0.2, 0.25) is 0 Å². The molecular formula is C22H22N6O2. The van der Waals surface area contributed by atoms with E-state index >= 15 is 0 Å². The molecule has 0 aliphatic carbocycles. The summed E-state index contributed by atoms with van der Waals surface area (Å²) in [6, 6.07) is 18.1. The molecule has 8 nitrogen and oxygen atoms in total. The Morgan fingerprint density at radius 2 is 1.57 bits per heavy atom. The molecule has 3 aliphatic heterocycles. The standard InChI is InChI=1S/C22H22N6O2/c1-16-20(28(29)30)21(24-22-23-19-10-6-5-7-17(19)15-27(16)22)26-13-11-25(12-14-26)18-8-3-2-4-9-18/h2-10H,11-15H2,1H3. The van der Waals surface area contributed by atoms with Gasteiger partial charge in [0, 0.05) is 31.9 Å². The summed E-state index contributed by atoms with van der Waals surface area (Å²) in [5.74, 6) is 0.942. The topological polar surface area (TPSA) is 77.6 Å². The molecule has 0 saturated carbocycles. The van der Waals surface area contributed by atoms with Crippen LogP contribution < -0.4 is 4.90 Å². The monoisotopic (exact) mass is 402 g/mol. The number of fused-ring (bicyclic) bond motifs is 2. The highest BCUT2D eigenvalue weighted by atomic mass is 16.6. The van der Waals surface area contributed by atoms with Gasteiger partial charge in [-0.3, -0.25) is 10.1 Å². The fourth-order valence-electron chi connectivity index (χ4n) is 4.20. The maximum atomic E-state index is 12.0. The summed E-state index contributed by atoms with van der Waals surface area (Å²) in [6.07, 6.45) is 0. The van der Waals surface area contributed by atoms with E-state index in [1.165, 1.54) is 5.69 Å². The number of benzene rings is 2. The molecule has 0 bridgehead atoms. The lowest BCUT2D eigenvalue weighted by atomic mass is 10.1. The SMILES string of the molecule is CC1=C([N+](=O)[O-])C(N2CCN(c3ccccc3)CC2)=NC2=Nc3ccccc3CN21. The molecule has 8 heteroatoms. The van der Waals surface area contributed by atoms with Gasteiger partial charge in [-0.1, -0.05) is 36.4 Å². The van der Waals surface area contributed by atoms with Gasteiger partial charge in [0.2, 0.25) is 11.8 Å². The maximum absolute atomic E-state index is 12.0. The number of guanidine groups is 1. The molecule has 1 fully saturated rings. The average molecular weight is 402 g/mol. The molecule has 0 amide bonds. The van der Waals surface area contributed by atoms with E-state index in [9.17, 15) is 10.1 Å². The van der Waals surface area contributed by atoms with Crippen molar-refractivity contribution >= 4 is 23.2 Å². The van der Waals surface area contributed by atoms with Gasteiger partial charge in [-0.2, -0.15) is 4.99 Å². The lowest BCUT2D eigenvalue weighted by molar-refractivity contribution is -0.418. The van der Waals surface area contributed by atoms with Crippen LogP contribution in [0.3, 0.4) is 0 Å². The third-order valence-corrected chi connectivity index (χ3v) is 5.83. The van der Waals surface area contributed by atoms with Crippen LogP contribution in [-0.2, 0) is 6.54 Å². The highest BCUT2D eigenvalue weighted by Gasteiger charge is 2.38. The van der Waals surface area contributed by atoms with Gasteiger partial charge in [0.15, 0.2) is 0 Å². The lowest BCUT2D eigenvalue weighted by Crippen LogP contribution is -2.52. The van der Waals surface area contributed by atoms with Crippen molar-refractivity contribution < 1.29 is 4.92 Å². The van der Waals surface area contributed by atoms with E-state index in [1.54, 1.807) is 6.92 Å². The van der Waals surface area contributed by atoms with Gasteiger partial charge in [-0.25, -0.2) is 4.99 Å². The van der Waals surface area contributed by atoms with Crippen LogP contribution in [0.5, 0.6) is 0 Å². The van der Waals surface area contributed by atoms with E-state index in [2.05, 4.69) is 27.0 Å². The number of para-hydroxylation sites is 2. The van der Waals surface area contributed by atoms with E-state index in [4.69, 9.17) is 0 Å². The smallest absolute Gasteiger partial charge is 0.330 e. The van der Waals surface area contributed by atoms with Crippen LogP contribution in [0.25, 0.3) is 0 Å². The quantitative estimate of drug-likeness (QED) is 0.569. The Morgan fingerprint density at radius 3 is 2.30 bits per heavy atom. The second-order valence-corrected chi connectivity index (χ2v) is 7.56. The van der Waals surface area contributed by atoms with E-state index in [1.807, 2.05) is 52.3 Å². The number of piperazine rings is 1. The second-order valence-electron chi connectivity index (χ2n) is 7.56. The summed E-state index contributed by atoms with van der Waals surface area (Å²) < 4.78 is 0. The summed E-state index contributed by atoms with van der Waals surface area (Å²) in [4.78, 5) is 27.2.